The summed E-state index contributed by atoms with van der Waals surface area (Å²) in [4.78, 5) is 25.6. The number of aromatic nitrogens is 1. The summed E-state index contributed by atoms with van der Waals surface area (Å²) in [6.45, 7) is 3.90. The lowest BCUT2D eigenvalue weighted by Gasteiger charge is -2.14. The lowest BCUT2D eigenvalue weighted by molar-refractivity contribution is 0.102. The molecule has 1 aliphatic rings. The second-order valence-electron chi connectivity index (χ2n) is 6.59. The molecule has 1 aromatic heterocycles. The first-order valence-corrected chi connectivity index (χ1v) is 8.24. The van der Waals surface area contributed by atoms with Gasteiger partial charge in [0.1, 0.15) is 11.3 Å². The van der Waals surface area contributed by atoms with Crippen molar-refractivity contribution in [3.8, 4) is 5.75 Å². The highest BCUT2D eigenvalue weighted by Gasteiger charge is 2.29. The smallest absolute Gasteiger partial charge is 0.268 e. The maximum atomic E-state index is 12.9. The maximum absolute atomic E-state index is 12.9. The van der Waals surface area contributed by atoms with E-state index in [1.165, 1.54) is 0 Å². The molecular weight excluding hydrogens is 316 g/mol. The molecule has 1 amide bonds. The molecule has 3 aromatic rings. The van der Waals surface area contributed by atoms with Crippen LogP contribution in [0.25, 0.3) is 10.9 Å². The largest absolute Gasteiger partial charge is 0.506 e. The molecule has 1 atom stereocenters. The Hall–Kier alpha value is -3.08. The van der Waals surface area contributed by atoms with Crippen molar-refractivity contribution in [1.82, 2.24) is 4.57 Å². The number of nitrogens with zero attached hydrogens (tertiary/aromatic N) is 1. The van der Waals surface area contributed by atoms with Gasteiger partial charge in [-0.3, -0.25) is 9.59 Å². The van der Waals surface area contributed by atoms with Crippen LogP contribution in [-0.2, 0) is 6.42 Å². The normalized spacial score (nSPS) is 15.5. The zero-order chi connectivity index (χ0) is 17.7. The van der Waals surface area contributed by atoms with E-state index in [0.717, 1.165) is 23.1 Å². The van der Waals surface area contributed by atoms with Crippen LogP contribution >= 0.6 is 0 Å². The Bertz CT molecular complexity index is 1060. The van der Waals surface area contributed by atoms with Crippen molar-refractivity contribution in [2.75, 3.05) is 5.32 Å². The van der Waals surface area contributed by atoms with E-state index in [-0.39, 0.29) is 17.4 Å². The number of carbonyl (C=O) groups is 1. The molecule has 0 spiro atoms. The van der Waals surface area contributed by atoms with Crippen molar-refractivity contribution >= 4 is 22.5 Å². The van der Waals surface area contributed by atoms with Crippen molar-refractivity contribution in [2.24, 2.45) is 0 Å². The lowest BCUT2D eigenvalue weighted by atomic mass is 10.1. The summed E-state index contributed by atoms with van der Waals surface area (Å²) < 4.78 is 1.62. The Morgan fingerprint density at radius 1 is 1.20 bits per heavy atom. The fourth-order valence-corrected chi connectivity index (χ4v) is 3.55. The van der Waals surface area contributed by atoms with Gasteiger partial charge in [0.15, 0.2) is 0 Å². The number of pyridine rings is 1. The minimum absolute atomic E-state index is 0.0427. The highest BCUT2D eigenvalue weighted by Crippen LogP contribution is 2.36. The predicted molar refractivity (Wildman–Crippen MR) is 97.4 cm³/mol. The van der Waals surface area contributed by atoms with Gasteiger partial charge in [0.25, 0.3) is 11.5 Å². The summed E-state index contributed by atoms with van der Waals surface area (Å²) in [5, 5.41) is 13.9. The second-order valence-corrected chi connectivity index (χ2v) is 6.59. The molecule has 4 rings (SSSR count). The Kier molecular flexibility index (Phi) is 3.39. The molecular formula is C20H18N2O3. The van der Waals surface area contributed by atoms with Crippen molar-refractivity contribution in [3.63, 3.8) is 0 Å². The third kappa shape index (κ3) is 2.31. The predicted octanol–water partition coefficient (Wildman–Crippen LogP) is 3.38. The highest BCUT2D eigenvalue weighted by molar-refractivity contribution is 6.09. The third-order valence-corrected chi connectivity index (χ3v) is 4.78. The summed E-state index contributed by atoms with van der Waals surface area (Å²) >= 11 is 0. The Morgan fingerprint density at radius 2 is 1.92 bits per heavy atom. The number of anilines is 1. The Labute approximate surface area is 144 Å². The lowest BCUT2D eigenvalue weighted by Crippen LogP contribution is -2.30. The standard InChI is InChI=1S/C20H18N2O3/c1-11-6-8-14(9-7-11)21-19(24)16-18(23)15-5-3-4-13-10-12(2)22(17(13)15)20(16)25/h3-9,12,23H,10H2,1-2H3,(H,21,24)/t12-/m1/s1. The Morgan fingerprint density at radius 3 is 2.64 bits per heavy atom. The molecule has 1 aliphatic heterocycles. The van der Waals surface area contributed by atoms with E-state index < -0.39 is 11.5 Å². The van der Waals surface area contributed by atoms with E-state index in [4.69, 9.17) is 0 Å². The summed E-state index contributed by atoms with van der Waals surface area (Å²) in [6.07, 6.45) is 0.717. The molecule has 0 unspecified atom stereocenters. The van der Waals surface area contributed by atoms with Gasteiger partial charge in [0.2, 0.25) is 0 Å². The molecule has 2 aromatic carbocycles. The van der Waals surface area contributed by atoms with E-state index >= 15 is 0 Å². The van der Waals surface area contributed by atoms with Gasteiger partial charge in [0.05, 0.1) is 5.52 Å². The zero-order valence-electron chi connectivity index (χ0n) is 14.0. The van der Waals surface area contributed by atoms with Crippen LogP contribution in [0.15, 0.2) is 47.3 Å². The van der Waals surface area contributed by atoms with Gasteiger partial charge in [-0.2, -0.15) is 0 Å². The van der Waals surface area contributed by atoms with Crippen LogP contribution in [0.3, 0.4) is 0 Å². The molecule has 0 fully saturated rings. The van der Waals surface area contributed by atoms with Gasteiger partial charge < -0.3 is 15.0 Å². The van der Waals surface area contributed by atoms with E-state index in [2.05, 4.69) is 5.32 Å². The van der Waals surface area contributed by atoms with E-state index in [1.807, 2.05) is 38.1 Å². The van der Waals surface area contributed by atoms with Crippen molar-refractivity contribution < 1.29 is 9.90 Å². The van der Waals surface area contributed by atoms with Crippen LogP contribution in [0.2, 0.25) is 0 Å². The third-order valence-electron chi connectivity index (χ3n) is 4.78. The van der Waals surface area contributed by atoms with Gasteiger partial charge >= 0.3 is 0 Å². The number of amides is 1. The molecule has 0 saturated heterocycles. The molecule has 0 saturated carbocycles. The van der Waals surface area contributed by atoms with Crippen LogP contribution in [-0.4, -0.2) is 15.6 Å². The molecule has 0 aliphatic carbocycles. The number of rotatable bonds is 2. The van der Waals surface area contributed by atoms with Crippen LogP contribution in [0.1, 0.15) is 34.5 Å². The summed E-state index contributed by atoms with van der Waals surface area (Å²) in [6, 6.07) is 12.8. The molecule has 2 N–H and O–H groups in total. The van der Waals surface area contributed by atoms with Gasteiger partial charge in [-0.15, -0.1) is 0 Å². The van der Waals surface area contributed by atoms with Gasteiger partial charge in [0, 0.05) is 17.1 Å². The van der Waals surface area contributed by atoms with E-state index in [1.54, 1.807) is 22.8 Å². The number of hydrogen-bond acceptors (Lipinski definition) is 3. The van der Waals surface area contributed by atoms with Gasteiger partial charge in [-0.25, -0.2) is 0 Å². The van der Waals surface area contributed by atoms with Crippen LogP contribution < -0.4 is 10.9 Å². The fraction of sp³-hybridized carbons (Fsp3) is 0.200. The van der Waals surface area contributed by atoms with E-state index in [0.29, 0.717) is 11.1 Å². The summed E-state index contributed by atoms with van der Waals surface area (Å²) in [5.41, 5.74) is 2.73. The van der Waals surface area contributed by atoms with Crippen LogP contribution in [0.4, 0.5) is 5.69 Å². The minimum atomic E-state index is -0.596. The molecule has 2 heterocycles. The maximum Gasteiger partial charge on any atom is 0.268 e. The van der Waals surface area contributed by atoms with Crippen molar-refractivity contribution in [2.45, 2.75) is 26.3 Å². The average molecular weight is 334 g/mol. The number of para-hydroxylation sites is 1. The number of carbonyl (C=O) groups excluding carboxylic acids is 1. The van der Waals surface area contributed by atoms with Crippen LogP contribution in [0, 0.1) is 6.92 Å². The number of hydrogen-bond donors (Lipinski definition) is 2. The van der Waals surface area contributed by atoms with Crippen molar-refractivity contribution in [1.29, 1.82) is 0 Å². The molecule has 0 bridgehead atoms. The number of aromatic hydroxyl groups is 1. The number of aryl methyl sites for hydroxylation is 1. The van der Waals surface area contributed by atoms with Gasteiger partial charge in [-0.05, 0) is 44.0 Å². The second kappa shape index (κ2) is 5.48. The van der Waals surface area contributed by atoms with Gasteiger partial charge in [-0.1, -0.05) is 29.8 Å². The average Bonchev–Trinajstić information content (AvgIpc) is 2.92. The fourth-order valence-electron chi connectivity index (χ4n) is 3.55. The van der Waals surface area contributed by atoms with Crippen LogP contribution in [0.5, 0.6) is 5.75 Å². The molecule has 5 nitrogen and oxygen atoms in total. The SMILES string of the molecule is Cc1ccc(NC(=O)c2c(O)c3cccc4c3n(c2=O)[C@H](C)C4)cc1. The molecule has 5 heteroatoms. The quantitative estimate of drug-likeness (QED) is 0.755. The molecule has 25 heavy (non-hydrogen) atoms. The highest BCUT2D eigenvalue weighted by atomic mass is 16.3. The first kappa shape index (κ1) is 15.4. The van der Waals surface area contributed by atoms with Crippen molar-refractivity contribution in [3.05, 3.63) is 69.5 Å². The zero-order valence-corrected chi connectivity index (χ0v) is 14.0. The Balaban J connectivity index is 1.87. The summed E-state index contributed by atoms with van der Waals surface area (Å²) in [5.74, 6) is -0.849. The number of benzene rings is 2. The minimum Gasteiger partial charge on any atom is -0.506 e. The first-order chi connectivity index (χ1) is 12.0. The molecule has 126 valence electrons. The number of nitrogens with one attached hydrogen (secondary N) is 1. The van der Waals surface area contributed by atoms with E-state index in [9.17, 15) is 14.7 Å². The molecule has 0 radical (unpaired) electrons. The first-order valence-electron chi connectivity index (χ1n) is 8.24. The monoisotopic (exact) mass is 334 g/mol. The summed E-state index contributed by atoms with van der Waals surface area (Å²) in [7, 11) is 0. The topological polar surface area (TPSA) is 71.3 Å².